The van der Waals surface area contributed by atoms with E-state index in [0.29, 0.717) is 11.5 Å². The van der Waals surface area contributed by atoms with Gasteiger partial charge < -0.3 is 10.1 Å². The Hall–Kier alpha value is -2.73. The third-order valence-corrected chi connectivity index (χ3v) is 5.07. The highest BCUT2D eigenvalue weighted by Gasteiger charge is 2.14. The summed E-state index contributed by atoms with van der Waals surface area (Å²) in [5, 5.41) is 2.83. The minimum atomic E-state index is -0.523. The zero-order chi connectivity index (χ0) is 18.5. The number of carbonyl (C=O) groups is 2. The molecule has 0 unspecified atom stereocenters. The molecule has 0 aliphatic rings. The second-order valence-corrected chi connectivity index (χ2v) is 6.94. The van der Waals surface area contributed by atoms with Gasteiger partial charge in [-0.3, -0.25) is 4.79 Å². The van der Waals surface area contributed by atoms with Crippen LogP contribution in [-0.2, 0) is 9.53 Å². The summed E-state index contributed by atoms with van der Waals surface area (Å²) in [7, 11) is 0. The molecule has 0 radical (unpaired) electrons. The lowest BCUT2D eigenvalue weighted by Gasteiger charge is -2.15. The lowest BCUT2D eigenvalue weighted by Crippen LogP contribution is -2.21. The van der Waals surface area contributed by atoms with Gasteiger partial charge in [-0.2, -0.15) is 0 Å². The van der Waals surface area contributed by atoms with Crippen molar-refractivity contribution in [2.75, 3.05) is 11.9 Å². The van der Waals surface area contributed by atoms with Crippen molar-refractivity contribution in [3.8, 4) is 0 Å². The molecule has 1 amide bonds. The van der Waals surface area contributed by atoms with Crippen LogP contribution in [0, 0.1) is 0 Å². The number of nitrogens with zero attached hydrogens (tertiary/aromatic N) is 1. The van der Waals surface area contributed by atoms with Gasteiger partial charge in [0.25, 0.3) is 5.91 Å². The molecule has 0 spiro atoms. The van der Waals surface area contributed by atoms with Gasteiger partial charge in [0, 0.05) is 5.69 Å². The van der Waals surface area contributed by atoms with Gasteiger partial charge in [0.2, 0.25) is 0 Å². The molecule has 1 heterocycles. The number of ether oxygens (including phenoxy) is 1. The van der Waals surface area contributed by atoms with Crippen LogP contribution in [-0.4, -0.2) is 23.5 Å². The summed E-state index contributed by atoms with van der Waals surface area (Å²) in [6.07, 6.45) is 0.974. The van der Waals surface area contributed by atoms with Crippen LogP contribution in [0.5, 0.6) is 0 Å². The first-order chi connectivity index (χ1) is 12.6. The van der Waals surface area contributed by atoms with E-state index in [1.807, 2.05) is 24.3 Å². The van der Waals surface area contributed by atoms with Gasteiger partial charge >= 0.3 is 5.97 Å². The Labute approximate surface area is 156 Å². The zero-order valence-electron chi connectivity index (χ0n) is 14.7. The molecule has 1 aromatic heterocycles. The number of nitrogens with one attached hydrogen (secondary N) is 1. The highest BCUT2D eigenvalue weighted by molar-refractivity contribution is 7.16. The quantitative estimate of drug-likeness (QED) is 0.645. The van der Waals surface area contributed by atoms with Crippen molar-refractivity contribution in [2.24, 2.45) is 0 Å². The monoisotopic (exact) mass is 368 g/mol. The number of para-hydroxylation sites is 1. The number of aromatic nitrogens is 1. The molecule has 0 aliphatic carbocycles. The van der Waals surface area contributed by atoms with E-state index >= 15 is 0 Å². The van der Waals surface area contributed by atoms with Gasteiger partial charge in [-0.05, 0) is 42.2 Å². The number of rotatable bonds is 6. The molecule has 0 saturated carbocycles. The average molecular weight is 368 g/mol. The van der Waals surface area contributed by atoms with Crippen molar-refractivity contribution in [3.63, 3.8) is 0 Å². The zero-order valence-corrected chi connectivity index (χ0v) is 15.5. The number of anilines is 1. The van der Waals surface area contributed by atoms with Crippen molar-refractivity contribution in [2.45, 2.75) is 26.2 Å². The van der Waals surface area contributed by atoms with E-state index in [-0.39, 0.29) is 12.5 Å². The van der Waals surface area contributed by atoms with E-state index in [9.17, 15) is 9.59 Å². The van der Waals surface area contributed by atoms with Gasteiger partial charge in [-0.25, -0.2) is 9.78 Å². The molecule has 3 aromatic rings. The first-order valence-electron chi connectivity index (χ1n) is 8.47. The first-order valence-corrected chi connectivity index (χ1v) is 9.35. The molecular formula is C20H20N2O3S. The third kappa shape index (κ3) is 4.08. The van der Waals surface area contributed by atoms with Gasteiger partial charge in [0.15, 0.2) is 6.61 Å². The van der Waals surface area contributed by atoms with Gasteiger partial charge in [-0.15, -0.1) is 11.3 Å². The molecule has 0 aliphatic heterocycles. The van der Waals surface area contributed by atoms with Gasteiger partial charge in [0.1, 0.15) is 0 Å². The Kier molecular flexibility index (Phi) is 5.63. The summed E-state index contributed by atoms with van der Waals surface area (Å²) in [5.74, 6) is -0.543. The number of carbonyl (C=O) groups excluding carboxylic acids is 2. The topological polar surface area (TPSA) is 68.3 Å². The minimum absolute atomic E-state index is 0.325. The number of thiazole rings is 1. The fourth-order valence-electron chi connectivity index (χ4n) is 2.64. The Morgan fingerprint density at radius 3 is 2.85 bits per heavy atom. The molecule has 1 N–H and O–H groups in total. The van der Waals surface area contributed by atoms with Crippen LogP contribution >= 0.6 is 11.3 Å². The molecule has 26 heavy (non-hydrogen) atoms. The SMILES string of the molecule is CC[C@@H](C)c1ccccc1NC(=O)COC(=O)c1ccc2ncsc2c1. The van der Waals surface area contributed by atoms with E-state index in [2.05, 4.69) is 24.1 Å². The molecule has 5 nitrogen and oxygen atoms in total. The number of amides is 1. The van der Waals surface area contributed by atoms with E-state index in [1.165, 1.54) is 11.3 Å². The van der Waals surface area contributed by atoms with Crippen molar-refractivity contribution < 1.29 is 14.3 Å². The van der Waals surface area contributed by atoms with Crippen LogP contribution < -0.4 is 5.32 Å². The third-order valence-electron chi connectivity index (χ3n) is 4.28. The van der Waals surface area contributed by atoms with Crippen LogP contribution in [0.2, 0.25) is 0 Å². The first kappa shape index (κ1) is 18.1. The standard InChI is InChI=1S/C20H20N2O3S/c1-3-13(2)15-6-4-5-7-16(15)22-19(23)11-25-20(24)14-8-9-17-18(10-14)26-12-21-17/h4-10,12-13H,3,11H2,1-2H3,(H,22,23)/t13-/m1/s1. The lowest BCUT2D eigenvalue weighted by atomic mass is 9.97. The molecule has 2 aromatic carbocycles. The van der Waals surface area contributed by atoms with E-state index in [4.69, 9.17) is 4.74 Å². The number of benzene rings is 2. The largest absolute Gasteiger partial charge is 0.452 e. The van der Waals surface area contributed by atoms with Crippen molar-refractivity contribution in [1.82, 2.24) is 4.98 Å². The van der Waals surface area contributed by atoms with Crippen LogP contribution in [0.15, 0.2) is 48.0 Å². The minimum Gasteiger partial charge on any atom is -0.452 e. The van der Waals surface area contributed by atoms with E-state index in [0.717, 1.165) is 27.9 Å². The number of esters is 1. The summed E-state index contributed by atoms with van der Waals surface area (Å²) in [4.78, 5) is 28.5. The van der Waals surface area contributed by atoms with Crippen LogP contribution in [0.25, 0.3) is 10.2 Å². The van der Waals surface area contributed by atoms with Crippen molar-refractivity contribution in [1.29, 1.82) is 0 Å². The molecule has 0 bridgehead atoms. The Morgan fingerprint density at radius 2 is 2.04 bits per heavy atom. The van der Waals surface area contributed by atoms with E-state index in [1.54, 1.807) is 23.7 Å². The highest BCUT2D eigenvalue weighted by atomic mass is 32.1. The summed E-state index contributed by atoms with van der Waals surface area (Å²) in [6, 6.07) is 12.8. The highest BCUT2D eigenvalue weighted by Crippen LogP contribution is 2.26. The molecular weight excluding hydrogens is 348 g/mol. The number of fused-ring (bicyclic) bond motifs is 1. The second-order valence-electron chi connectivity index (χ2n) is 6.06. The summed E-state index contributed by atoms with van der Waals surface area (Å²) in [5.41, 5.74) is 4.81. The molecule has 6 heteroatoms. The van der Waals surface area contributed by atoms with Gasteiger partial charge in [0.05, 0.1) is 21.3 Å². The molecule has 0 saturated heterocycles. The fraction of sp³-hybridized carbons (Fsp3) is 0.250. The summed E-state index contributed by atoms with van der Waals surface area (Å²) in [6.45, 7) is 3.89. The Morgan fingerprint density at radius 1 is 1.23 bits per heavy atom. The molecule has 0 fully saturated rings. The van der Waals surface area contributed by atoms with Crippen LogP contribution in [0.1, 0.15) is 42.1 Å². The maximum absolute atomic E-state index is 12.2. The number of hydrogen-bond donors (Lipinski definition) is 1. The fourth-order valence-corrected chi connectivity index (χ4v) is 3.36. The summed E-state index contributed by atoms with van der Waals surface area (Å²) < 4.78 is 6.06. The normalized spacial score (nSPS) is 11.9. The average Bonchev–Trinajstić information content (AvgIpc) is 3.13. The van der Waals surface area contributed by atoms with Crippen LogP contribution in [0.3, 0.4) is 0 Å². The van der Waals surface area contributed by atoms with Crippen LogP contribution in [0.4, 0.5) is 5.69 Å². The maximum Gasteiger partial charge on any atom is 0.338 e. The van der Waals surface area contributed by atoms with Crippen molar-refractivity contribution >= 4 is 39.1 Å². The molecule has 134 valence electrons. The molecule has 1 atom stereocenters. The Balaban J connectivity index is 1.61. The predicted molar refractivity (Wildman–Crippen MR) is 104 cm³/mol. The smallest absolute Gasteiger partial charge is 0.338 e. The Bertz CT molecular complexity index is 935. The number of hydrogen-bond acceptors (Lipinski definition) is 5. The lowest BCUT2D eigenvalue weighted by molar-refractivity contribution is -0.119. The van der Waals surface area contributed by atoms with Crippen molar-refractivity contribution in [3.05, 3.63) is 59.1 Å². The summed E-state index contributed by atoms with van der Waals surface area (Å²) >= 11 is 1.45. The predicted octanol–water partition coefficient (Wildman–Crippen LogP) is 4.61. The maximum atomic E-state index is 12.2. The van der Waals surface area contributed by atoms with Gasteiger partial charge in [-0.1, -0.05) is 32.0 Å². The van der Waals surface area contributed by atoms with E-state index < -0.39 is 5.97 Å². The molecule has 3 rings (SSSR count). The second kappa shape index (κ2) is 8.10.